The van der Waals surface area contributed by atoms with Gasteiger partial charge in [0.25, 0.3) is 0 Å². The fraction of sp³-hybridized carbons (Fsp3) is 0.417. The molecule has 0 saturated carbocycles. The predicted molar refractivity (Wildman–Crippen MR) is 65.8 cm³/mol. The Morgan fingerprint density at radius 2 is 2.33 bits per heavy atom. The molecule has 1 aliphatic rings. The van der Waals surface area contributed by atoms with Crippen LogP contribution >= 0.6 is 0 Å². The van der Waals surface area contributed by atoms with Crippen molar-refractivity contribution in [2.75, 3.05) is 23.4 Å². The smallest absolute Gasteiger partial charge is 0.0614 e. The number of hydrogen-bond donors (Lipinski definition) is 1. The van der Waals surface area contributed by atoms with Crippen LogP contribution < -0.4 is 10.3 Å². The lowest BCUT2D eigenvalue weighted by atomic mass is 10.1. The first kappa shape index (κ1) is 10.0. The quantitative estimate of drug-likeness (QED) is 0.817. The third-order valence-electron chi connectivity index (χ3n) is 2.58. The molecule has 80 valence electrons. The van der Waals surface area contributed by atoms with E-state index in [1.54, 1.807) is 0 Å². The molecule has 0 spiro atoms. The second-order valence-electron chi connectivity index (χ2n) is 3.74. The summed E-state index contributed by atoms with van der Waals surface area (Å²) < 4.78 is 0. The average molecular weight is 203 g/mol. The Bertz CT molecular complexity index is 371. The van der Waals surface area contributed by atoms with E-state index in [9.17, 15) is 0 Å². The fourth-order valence-electron chi connectivity index (χ4n) is 1.74. The van der Waals surface area contributed by atoms with E-state index in [2.05, 4.69) is 42.5 Å². The molecule has 0 fully saturated rings. The molecular formula is C12H17N3. The van der Waals surface area contributed by atoms with E-state index in [4.69, 9.17) is 0 Å². The van der Waals surface area contributed by atoms with Gasteiger partial charge in [0, 0.05) is 31.4 Å². The largest absolute Gasteiger partial charge is 0.385 e. The molecule has 0 atom stereocenters. The van der Waals surface area contributed by atoms with Crippen molar-refractivity contribution in [1.82, 2.24) is 0 Å². The van der Waals surface area contributed by atoms with Crippen molar-refractivity contribution in [3.05, 3.63) is 23.8 Å². The zero-order valence-corrected chi connectivity index (χ0v) is 9.33. The summed E-state index contributed by atoms with van der Waals surface area (Å²) in [4.78, 5) is 0. The first-order chi connectivity index (χ1) is 7.31. The van der Waals surface area contributed by atoms with Gasteiger partial charge in [-0.3, -0.25) is 5.01 Å². The minimum Gasteiger partial charge on any atom is -0.385 e. The molecule has 0 unspecified atom stereocenters. The Morgan fingerprint density at radius 3 is 3.00 bits per heavy atom. The summed E-state index contributed by atoms with van der Waals surface area (Å²) in [5.74, 6) is 0. The second-order valence-corrected chi connectivity index (χ2v) is 3.74. The Labute approximate surface area is 90.8 Å². The Morgan fingerprint density at radius 1 is 1.47 bits per heavy atom. The summed E-state index contributed by atoms with van der Waals surface area (Å²) in [6.45, 7) is 6.18. The molecule has 15 heavy (non-hydrogen) atoms. The molecular weight excluding hydrogens is 186 g/mol. The van der Waals surface area contributed by atoms with Crippen LogP contribution in [0.5, 0.6) is 0 Å². The Hall–Kier alpha value is -1.51. The van der Waals surface area contributed by atoms with Crippen molar-refractivity contribution < 1.29 is 0 Å². The van der Waals surface area contributed by atoms with E-state index in [1.165, 1.54) is 16.9 Å². The molecule has 0 aliphatic carbocycles. The van der Waals surface area contributed by atoms with Gasteiger partial charge >= 0.3 is 0 Å². The van der Waals surface area contributed by atoms with E-state index in [-0.39, 0.29) is 0 Å². The van der Waals surface area contributed by atoms with E-state index >= 15 is 0 Å². The molecule has 0 saturated heterocycles. The number of hydrogen-bond acceptors (Lipinski definition) is 3. The van der Waals surface area contributed by atoms with E-state index in [0.29, 0.717) is 0 Å². The number of nitrogens with one attached hydrogen (secondary N) is 1. The van der Waals surface area contributed by atoms with E-state index in [0.717, 1.165) is 19.5 Å². The van der Waals surface area contributed by atoms with Gasteiger partial charge in [-0.25, -0.2) is 0 Å². The van der Waals surface area contributed by atoms with Gasteiger partial charge in [-0.05, 0) is 31.5 Å². The normalized spacial score (nSPS) is 14.7. The number of nitrogens with zero attached hydrogens (tertiary/aromatic N) is 2. The number of benzene rings is 1. The third-order valence-corrected chi connectivity index (χ3v) is 2.58. The van der Waals surface area contributed by atoms with Crippen LogP contribution in [0.4, 0.5) is 11.4 Å². The molecule has 1 aromatic rings. The lowest BCUT2D eigenvalue weighted by molar-refractivity contribution is 0.921. The molecule has 3 heteroatoms. The molecule has 0 aromatic heterocycles. The first-order valence-corrected chi connectivity index (χ1v) is 5.45. The van der Waals surface area contributed by atoms with Crippen molar-refractivity contribution in [3.63, 3.8) is 0 Å². The van der Waals surface area contributed by atoms with Crippen molar-refractivity contribution in [2.24, 2.45) is 5.10 Å². The maximum Gasteiger partial charge on any atom is 0.0614 e. The minimum absolute atomic E-state index is 0.952. The van der Waals surface area contributed by atoms with E-state index < -0.39 is 0 Å². The first-order valence-electron chi connectivity index (χ1n) is 5.45. The summed E-state index contributed by atoms with van der Waals surface area (Å²) in [5, 5.41) is 9.72. The van der Waals surface area contributed by atoms with Gasteiger partial charge in [0.15, 0.2) is 0 Å². The summed E-state index contributed by atoms with van der Waals surface area (Å²) in [5.41, 5.74) is 3.66. The van der Waals surface area contributed by atoms with Crippen LogP contribution in [0.15, 0.2) is 23.3 Å². The lowest BCUT2D eigenvalue weighted by Crippen LogP contribution is -2.12. The topological polar surface area (TPSA) is 27.6 Å². The highest BCUT2D eigenvalue weighted by Crippen LogP contribution is 2.24. The van der Waals surface area contributed by atoms with Crippen molar-refractivity contribution in [2.45, 2.75) is 20.3 Å². The van der Waals surface area contributed by atoms with Gasteiger partial charge in [0.2, 0.25) is 0 Å². The Kier molecular flexibility index (Phi) is 2.90. The minimum atomic E-state index is 0.952. The molecule has 0 radical (unpaired) electrons. The van der Waals surface area contributed by atoms with Crippen LogP contribution in [-0.2, 0) is 0 Å². The second kappa shape index (κ2) is 4.34. The molecule has 1 N–H and O–H groups in total. The van der Waals surface area contributed by atoms with E-state index in [1.807, 2.05) is 11.2 Å². The number of hydrazone groups is 1. The maximum atomic E-state index is 4.32. The van der Waals surface area contributed by atoms with Gasteiger partial charge in [-0.2, -0.15) is 5.10 Å². The molecule has 1 aromatic carbocycles. The molecule has 2 rings (SSSR count). The number of aryl methyl sites for hydroxylation is 1. The standard InChI is InChI=1S/C12H17N3/c1-3-13-12-9-11(6-5-10(12)2)15-8-4-7-14-15/h5-7,9,13H,3-4,8H2,1-2H3. The maximum absolute atomic E-state index is 4.32. The van der Waals surface area contributed by atoms with Gasteiger partial charge in [-0.15, -0.1) is 0 Å². The van der Waals surface area contributed by atoms with Crippen molar-refractivity contribution >= 4 is 17.6 Å². The molecule has 0 amide bonds. The third kappa shape index (κ3) is 2.12. The SMILES string of the molecule is CCNc1cc(N2CCC=N2)ccc1C. The molecule has 3 nitrogen and oxygen atoms in total. The summed E-state index contributed by atoms with van der Waals surface area (Å²) in [6, 6.07) is 6.43. The van der Waals surface area contributed by atoms with Crippen LogP contribution in [0.2, 0.25) is 0 Å². The zero-order valence-electron chi connectivity index (χ0n) is 9.33. The highest BCUT2D eigenvalue weighted by atomic mass is 15.5. The van der Waals surface area contributed by atoms with Crippen LogP contribution in [0.1, 0.15) is 18.9 Å². The van der Waals surface area contributed by atoms with Crippen LogP contribution in [0.25, 0.3) is 0 Å². The van der Waals surface area contributed by atoms with Crippen LogP contribution in [0, 0.1) is 6.92 Å². The number of anilines is 2. The Balaban J connectivity index is 2.25. The predicted octanol–water partition coefficient (Wildman–Crippen LogP) is 2.62. The monoisotopic (exact) mass is 203 g/mol. The fourth-order valence-corrected chi connectivity index (χ4v) is 1.74. The van der Waals surface area contributed by atoms with Gasteiger partial charge in [0.1, 0.15) is 0 Å². The average Bonchev–Trinajstić information content (AvgIpc) is 2.75. The zero-order chi connectivity index (χ0) is 10.7. The lowest BCUT2D eigenvalue weighted by Gasteiger charge is -2.16. The summed E-state index contributed by atoms with van der Waals surface area (Å²) >= 11 is 0. The summed E-state index contributed by atoms with van der Waals surface area (Å²) in [6.07, 6.45) is 3.01. The molecule has 1 aliphatic heterocycles. The van der Waals surface area contributed by atoms with Gasteiger partial charge < -0.3 is 5.32 Å². The highest BCUT2D eigenvalue weighted by Gasteiger charge is 2.09. The molecule has 0 bridgehead atoms. The van der Waals surface area contributed by atoms with Gasteiger partial charge in [0.05, 0.1) is 5.69 Å². The molecule has 1 heterocycles. The van der Waals surface area contributed by atoms with Gasteiger partial charge in [-0.1, -0.05) is 6.07 Å². The van der Waals surface area contributed by atoms with Crippen LogP contribution in [-0.4, -0.2) is 19.3 Å². The van der Waals surface area contributed by atoms with Crippen molar-refractivity contribution in [3.8, 4) is 0 Å². The van der Waals surface area contributed by atoms with Crippen molar-refractivity contribution in [1.29, 1.82) is 0 Å². The van der Waals surface area contributed by atoms with Crippen LogP contribution in [0.3, 0.4) is 0 Å². The summed E-state index contributed by atoms with van der Waals surface area (Å²) in [7, 11) is 0. The number of rotatable bonds is 3. The highest BCUT2D eigenvalue weighted by molar-refractivity contribution is 5.68.